The second kappa shape index (κ2) is 9.71. The summed E-state index contributed by atoms with van der Waals surface area (Å²) >= 11 is 0. The number of likely N-dealkylation sites (N-methyl/N-ethyl adjacent to an activating group) is 1. The van der Waals surface area contributed by atoms with Gasteiger partial charge in [0.05, 0.1) is 30.8 Å². The first-order chi connectivity index (χ1) is 18.8. The molecular formula is C28H35F2N3O7. The summed E-state index contributed by atoms with van der Waals surface area (Å²) in [6.45, 7) is -0.111. The van der Waals surface area contributed by atoms with Gasteiger partial charge in [0.2, 0.25) is 5.91 Å². The number of fused-ring (bicyclic) bond motifs is 3. The predicted octanol–water partition coefficient (Wildman–Crippen LogP) is 2.45. The molecule has 5 N–H and O–H groups in total. The number of aliphatic hydroxyl groups is 2. The number of allylic oxidation sites excluding steroid dienone is 1. The topological polar surface area (TPSA) is 146 Å². The molecule has 0 spiro atoms. The Labute approximate surface area is 230 Å². The largest absolute Gasteiger partial charge is 0.510 e. The highest BCUT2D eigenvalue weighted by Gasteiger charge is 2.59. The number of likely N-dealkylation sites (tertiary alicyclic amines) is 1. The van der Waals surface area contributed by atoms with Crippen LogP contribution in [0.3, 0.4) is 0 Å². The third-order valence-electron chi connectivity index (χ3n) is 9.03. The fourth-order valence-electron chi connectivity index (χ4n) is 7.30. The molecule has 12 heteroatoms. The first-order valence-corrected chi connectivity index (χ1v) is 13.2. The molecule has 0 radical (unpaired) electrons. The molecule has 5 rings (SSSR count). The molecule has 3 aliphatic carbocycles. The number of rotatable bonds is 6. The van der Waals surface area contributed by atoms with E-state index in [1.807, 2.05) is 0 Å². The number of methoxy groups -OCH3 is 2. The number of nitrogens with two attached hydrogens (primary N) is 1. The molecule has 0 aromatic heterocycles. The standard InChI is InChI=1S/C28H35F2N3O7/c1-32(2)21-17-8-13-7-15-20(18(34)9-14(24(15)39-3)11-33-6-5-27(29,30)12-33)23(36)19(13)25(37)28(17,40-4)10-16(22(21)35)26(31)38/h9,13,17,21,34-35,37H,5-8,10-12H2,1-4H3,(H2,31,38)/t13-,17-,21-,28-/m0/s1. The third-order valence-corrected chi connectivity index (χ3v) is 9.03. The molecule has 1 aromatic carbocycles. The highest BCUT2D eigenvalue weighted by atomic mass is 19.3. The Bertz CT molecular complexity index is 1340. The monoisotopic (exact) mass is 563 g/mol. The Morgan fingerprint density at radius 3 is 2.50 bits per heavy atom. The van der Waals surface area contributed by atoms with Gasteiger partial charge in [0.25, 0.3) is 5.92 Å². The first kappa shape index (κ1) is 28.3. The minimum atomic E-state index is -2.79. The zero-order valence-electron chi connectivity index (χ0n) is 23.0. The lowest BCUT2D eigenvalue weighted by molar-refractivity contribution is -0.121. The summed E-state index contributed by atoms with van der Waals surface area (Å²) in [5.74, 6) is -5.89. The zero-order valence-corrected chi connectivity index (χ0v) is 23.0. The molecule has 218 valence electrons. The van der Waals surface area contributed by atoms with Crippen LogP contribution in [0.5, 0.6) is 11.5 Å². The molecular weight excluding hydrogens is 528 g/mol. The Hall–Kier alpha value is -3.22. The SMILES string of the molecule is COc1c(CN2CCC(F)(F)C2)cc(O)c2c1C[C@H]1C[C@H]3[C@H](N(C)C)C(O)=C(C(N)=O)C[C@@]3(OC)C(O)=C1C2=O. The van der Waals surface area contributed by atoms with E-state index < -0.39 is 47.6 Å². The van der Waals surface area contributed by atoms with Gasteiger partial charge < -0.3 is 30.5 Å². The van der Waals surface area contributed by atoms with Crippen LogP contribution >= 0.6 is 0 Å². The van der Waals surface area contributed by atoms with Crippen LogP contribution in [0.1, 0.15) is 40.7 Å². The number of ketones is 1. The molecule has 0 saturated carbocycles. The zero-order chi connectivity index (χ0) is 29.3. The average molecular weight is 564 g/mol. The molecule has 1 heterocycles. The average Bonchev–Trinajstić information content (AvgIpc) is 3.21. The van der Waals surface area contributed by atoms with Crippen molar-refractivity contribution in [1.29, 1.82) is 0 Å². The molecule has 10 nitrogen and oxygen atoms in total. The van der Waals surface area contributed by atoms with Gasteiger partial charge in [0.15, 0.2) is 5.78 Å². The van der Waals surface area contributed by atoms with Crippen LogP contribution in [-0.4, -0.2) is 95.8 Å². The number of aliphatic hydroxyl groups excluding tert-OH is 2. The second-order valence-corrected chi connectivity index (χ2v) is 11.5. The first-order valence-electron chi connectivity index (χ1n) is 13.2. The lowest BCUT2D eigenvalue weighted by Gasteiger charge is -2.53. The van der Waals surface area contributed by atoms with Gasteiger partial charge in [0, 0.05) is 55.7 Å². The molecule has 0 bridgehead atoms. The number of primary amides is 1. The maximum Gasteiger partial charge on any atom is 0.261 e. The van der Waals surface area contributed by atoms with Crippen molar-refractivity contribution >= 4 is 11.7 Å². The molecule has 4 aliphatic rings. The van der Waals surface area contributed by atoms with E-state index in [0.29, 0.717) is 23.3 Å². The Kier molecular flexibility index (Phi) is 6.87. The Balaban J connectivity index is 1.62. The number of hydrogen-bond donors (Lipinski definition) is 4. The number of alkyl halides is 2. The van der Waals surface area contributed by atoms with Crippen LogP contribution in [0.4, 0.5) is 8.78 Å². The van der Waals surface area contributed by atoms with Gasteiger partial charge >= 0.3 is 0 Å². The number of halogens is 2. The fourth-order valence-corrected chi connectivity index (χ4v) is 7.30. The lowest BCUT2D eigenvalue weighted by atomic mass is 9.59. The van der Waals surface area contributed by atoms with Crippen LogP contribution in [0.25, 0.3) is 0 Å². The van der Waals surface area contributed by atoms with Crippen molar-refractivity contribution in [3.8, 4) is 11.5 Å². The quantitative estimate of drug-likeness (QED) is 0.410. The number of aromatic hydroxyl groups is 1. The summed E-state index contributed by atoms with van der Waals surface area (Å²) in [6.07, 6.45) is 0.0277. The molecule has 0 unspecified atom stereocenters. The van der Waals surface area contributed by atoms with Crippen molar-refractivity contribution in [2.75, 3.05) is 41.4 Å². The molecule has 1 saturated heterocycles. The highest BCUT2D eigenvalue weighted by molar-refractivity contribution is 6.14. The number of Topliss-reactive ketones (excluding diaryl/α,β-unsaturated/α-hetero) is 1. The van der Waals surface area contributed by atoms with Crippen molar-refractivity contribution < 1.29 is 43.2 Å². The van der Waals surface area contributed by atoms with Gasteiger partial charge in [-0.3, -0.25) is 19.4 Å². The van der Waals surface area contributed by atoms with Crippen molar-refractivity contribution in [3.05, 3.63) is 45.4 Å². The number of amides is 1. The van der Waals surface area contributed by atoms with Gasteiger partial charge in [-0.05, 0) is 38.9 Å². The number of nitrogens with zero attached hydrogens (tertiary/aromatic N) is 2. The molecule has 1 aromatic rings. The van der Waals surface area contributed by atoms with E-state index in [0.717, 1.165) is 0 Å². The van der Waals surface area contributed by atoms with Crippen LogP contribution in [0.15, 0.2) is 28.7 Å². The maximum absolute atomic E-state index is 14.0. The fraction of sp³-hybridized carbons (Fsp3) is 0.571. The molecule has 1 amide bonds. The summed E-state index contributed by atoms with van der Waals surface area (Å²) in [6, 6.07) is 0.617. The van der Waals surface area contributed by atoms with Gasteiger partial charge in [-0.15, -0.1) is 0 Å². The molecule has 1 fully saturated rings. The van der Waals surface area contributed by atoms with Crippen molar-refractivity contribution in [2.45, 2.75) is 49.8 Å². The van der Waals surface area contributed by atoms with E-state index in [2.05, 4.69) is 0 Å². The van der Waals surface area contributed by atoms with E-state index >= 15 is 0 Å². The van der Waals surface area contributed by atoms with Crippen molar-refractivity contribution in [1.82, 2.24) is 9.80 Å². The van der Waals surface area contributed by atoms with E-state index in [1.165, 1.54) is 20.3 Å². The normalized spacial score (nSPS) is 29.9. The number of hydrogen-bond acceptors (Lipinski definition) is 9. The number of benzene rings is 1. The van der Waals surface area contributed by atoms with Gasteiger partial charge in [-0.2, -0.15) is 0 Å². The molecule has 1 aliphatic heterocycles. The molecule has 40 heavy (non-hydrogen) atoms. The number of phenolic OH excluding ortho intramolecular Hbond substituents is 1. The van der Waals surface area contributed by atoms with E-state index in [1.54, 1.807) is 23.9 Å². The predicted molar refractivity (Wildman–Crippen MR) is 139 cm³/mol. The summed E-state index contributed by atoms with van der Waals surface area (Å²) < 4.78 is 39.2. The third kappa shape index (κ3) is 4.15. The summed E-state index contributed by atoms with van der Waals surface area (Å²) in [5.41, 5.74) is 4.94. The minimum Gasteiger partial charge on any atom is -0.510 e. The van der Waals surface area contributed by atoms with Crippen LogP contribution in [0, 0.1) is 11.8 Å². The van der Waals surface area contributed by atoms with Crippen LogP contribution in [0.2, 0.25) is 0 Å². The van der Waals surface area contributed by atoms with Crippen molar-refractivity contribution in [2.24, 2.45) is 17.6 Å². The number of carbonyl (C=O) groups excluding carboxylic acids is 2. The number of carbonyl (C=O) groups is 2. The van der Waals surface area contributed by atoms with Gasteiger partial charge in [0.1, 0.15) is 28.6 Å². The highest BCUT2D eigenvalue weighted by Crippen LogP contribution is 2.55. The summed E-state index contributed by atoms with van der Waals surface area (Å²) in [7, 11) is 6.24. The Morgan fingerprint density at radius 2 is 1.95 bits per heavy atom. The van der Waals surface area contributed by atoms with E-state index in [9.17, 15) is 33.7 Å². The maximum atomic E-state index is 14.0. The lowest BCUT2D eigenvalue weighted by Crippen LogP contribution is -2.60. The minimum absolute atomic E-state index is 0.0247. The molecule has 4 atom stereocenters. The number of ether oxygens (including phenoxy) is 2. The summed E-state index contributed by atoms with van der Waals surface area (Å²) in [5, 5.41) is 33.8. The number of phenols is 1. The smallest absolute Gasteiger partial charge is 0.261 e. The van der Waals surface area contributed by atoms with Crippen LogP contribution < -0.4 is 10.5 Å². The van der Waals surface area contributed by atoms with E-state index in [4.69, 9.17) is 15.2 Å². The van der Waals surface area contributed by atoms with Gasteiger partial charge in [-0.25, -0.2) is 8.78 Å². The second-order valence-electron chi connectivity index (χ2n) is 11.5. The van der Waals surface area contributed by atoms with E-state index in [-0.39, 0.29) is 66.3 Å². The van der Waals surface area contributed by atoms with Crippen molar-refractivity contribution in [3.63, 3.8) is 0 Å². The summed E-state index contributed by atoms with van der Waals surface area (Å²) in [4.78, 5) is 29.5. The Morgan fingerprint density at radius 1 is 1.25 bits per heavy atom. The van der Waals surface area contributed by atoms with Crippen LogP contribution in [-0.2, 0) is 22.5 Å². The van der Waals surface area contributed by atoms with Gasteiger partial charge in [-0.1, -0.05) is 0 Å².